The van der Waals surface area contributed by atoms with Gasteiger partial charge in [-0.05, 0) is 31.2 Å². The zero-order valence-corrected chi connectivity index (χ0v) is 12.8. The Morgan fingerprint density at radius 3 is 2.43 bits per heavy atom. The molecule has 1 aliphatic heterocycles. The van der Waals surface area contributed by atoms with E-state index < -0.39 is 0 Å². The van der Waals surface area contributed by atoms with Gasteiger partial charge in [-0.15, -0.1) is 0 Å². The van der Waals surface area contributed by atoms with Crippen molar-refractivity contribution in [1.29, 1.82) is 0 Å². The molecule has 2 nitrogen and oxygen atoms in total. The molecule has 1 N–H and O–H groups in total. The number of benzene rings is 2. The van der Waals surface area contributed by atoms with Crippen LogP contribution in [0.4, 0.5) is 0 Å². The summed E-state index contributed by atoms with van der Waals surface area (Å²) in [6.07, 6.45) is 3.71. The van der Waals surface area contributed by atoms with E-state index in [9.17, 15) is 5.11 Å². The van der Waals surface area contributed by atoms with Crippen LogP contribution >= 0.6 is 0 Å². The average molecular weight is 282 g/mol. The first kappa shape index (κ1) is 14.0. The van der Waals surface area contributed by atoms with Crippen LogP contribution < -0.4 is 4.74 Å². The molecule has 0 atom stereocenters. The number of hydrogen-bond acceptors (Lipinski definition) is 2. The van der Waals surface area contributed by atoms with E-state index in [2.05, 4.69) is 26.0 Å². The Bertz CT molecular complexity index is 645. The molecule has 0 fully saturated rings. The summed E-state index contributed by atoms with van der Waals surface area (Å²) >= 11 is 0. The molecule has 0 spiro atoms. The highest BCUT2D eigenvalue weighted by Crippen LogP contribution is 2.46. The van der Waals surface area contributed by atoms with Crippen molar-refractivity contribution in [2.75, 3.05) is 6.61 Å². The molecule has 2 aromatic carbocycles. The number of fused-ring (bicyclic) bond motifs is 1. The van der Waals surface area contributed by atoms with Gasteiger partial charge in [-0.2, -0.15) is 0 Å². The van der Waals surface area contributed by atoms with Crippen LogP contribution in [-0.2, 0) is 19.3 Å². The highest BCUT2D eigenvalue weighted by molar-refractivity contribution is 5.80. The van der Waals surface area contributed by atoms with Gasteiger partial charge >= 0.3 is 0 Å². The van der Waals surface area contributed by atoms with E-state index in [0.717, 1.165) is 54.7 Å². The third kappa shape index (κ3) is 2.29. The summed E-state index contributed by atoms with van der Waals surface area (Å²) < 4.78 is 5.99. The van der Waals surface area contributed by atoms with Gasteiger partial charge in [0.2, 0.25) is 0 Å². The Morgan fingerprint density at radius 2 is 1.76 bits per heavy atom. The van der Waals surface area contributed by atoms with Gasteiger partial charge in [-0.25, -0.2) is 0 Å². The number of rotatable bonds is 3. The second kappa shape index (κ2) is 5.80. The van der Waals surface area contributed by atoms with Crippen molar-refractivity contribution in [2.24, 2.45) is 0 Å². The van der Waals surface area contributed by atoms with Crippen molar-refractivity contribution >= 4 is 0 Å². The molecule has 0 amide bonds. The fraction of sp³-hybridized carbons (Fsp3) is 0.368. The summed E-state index contributed by atoms with van der Waals surface area (Å²) in [6, 6.07) is 10.2. The smallest absolute Gasteiger partial charge is 0.127 e. The third-order valence-corrected chi connectivity index (χ3v) is 4.32. The van der Waals surface area contributed by atoms with Gasteiger partial charge in [0.1, 0.15) is 11.5 Å². The second-order valence-corrected chi connectivity index (χ2v) is 5.51. The summed E-state index contributed by atoms with van der Waals surface area (Å²) in [5.41, 5.74) is 5.45. The minimum Gasteiger partial charge on any atom is -0.507 e. The van der Waals surface area contributed by atoms with Crippen LogP contribution in [0, 0.1) is 0 Å². The van der Waals surface area contributed by atoms with E-state index >= 15 is 0 Å². The second-order valence-electron chi connectivity index (χ2n) is 5.51. The standard InChI is InChI=1S/C19H22O2/c1-3-14-15(4-2)19-16(11-8-12-21-19)17(18(14)20)13-9-6-5-7-10-13/h5-7,9-10,20H,3-4,8,11-12H2,1-2H3. The molecular weight excluding hydrogens is 260 g/mol. The zero-order valence-electron chi connectivity index (χ0n) is 12.8. The van der Waals surface area contributed by atoms with Gasteiger partial charge in [0.25, 0.3) is 0 Å². The predicted octanol–water partition coefficient (Wildman–Crippen LogP) is 4.51. The van der Waals surface area contributed by atoms with Crippen molar-refractivity contribution < 1.29 is 9.84 Å². The first-order valence-corrected chi connectivity index (χ1v) is 7.85. The summed E-state index contributed by atoms with van der Waals surface area (Å²) in [7, 11) is 0. The first-order chi connectivity index (χ1) is 10.3. The van der Waals surface area contributed by atoms with E-state index in [-0.39, 0.29) is 0 Å². The molecule has 2 aromatic rings. The van der Waals surface area contributed by atoms with E-state index in [1.54, 1.807) is 0 Å². The Hall–Kier alpha value is -1.96. The van der Waals surface area contributed by atoms with Crippen LogP contribution in [0.5, 0.6) is 11.5 Å². The molecule has 0 aromatic heterocycles. The predicted molar refractivity (Wildman–Crippen MR) is 86.1 cm³/mol. The van der Waals surface area contributed by atoms with Crippen LogP contribution in [0.2, 0.25) is 0 Å². The molecule has 0 aliphatic carbocycles. The number of hydrogen-bond donors (Lipinski definition) is 1. The van der Waals surface area contributed by atoms with Gasteiger partial charge < -0.3 is 9.84 Å². The van der Waals surface area contributed by atoms with Crippen LogP contribution in [-0.4, -0.2) is 11.7 Å². The van der Waals surface area contributed by atoms with Gasteiger partial charge in [0, 0.05) is 22.3 Å². The Morgan fingerprint density at radius 1 is 1.05 bits per heavy atom. The van der Waals surface area contributed by atoms with Gasteiger partial charge in [0.05, 0.1) is 6.61 Å². The summed E-state index contributed by atoms with van der Waals surface area (Å²) in [4.78, 5) is 0. The quantitative estimate of drug-likeness (QED) is 0.897. The van der Waals surface area contributed by atoms with E-state index in [1.165, 1.54) is 11.1 Å². The maximum Gasteiger partial charge on any atom is 0.127 e. The highest BCUT2D eigenvalue weighted by Gasteiger charge is 2.25. The molecule has 1 heterocycles. The highest BCUT2D eigenvalue weighted by atomic mass is 16.5. The normalized spacial score (nSPS) is 13.6. The maximum atomic E-state index is 10.9. The minimum atomic E-state index is 0.449. The SMILES string of the molecule is CCc1c(O)c(-c2ccccc2)c2c(c1CC)OCCC2. The molecular formula is C19H22O2. The van der Waals surface area contributed by atoms with Gasteiger partial charge in [-0.3, -0.25) is 0 Å². The largest absolute Gasteiger partial charge is 0.507 e. The lowest BCUT2D eigenvalue weighted by Crippen LogP contribution is -2.13. The Labute approximate surface area is 126 Å². The molecule has 3 rings (SSSR count). The van der Waals surface area contributed by atoms with Crippen molar-refractivity contribution in [1.82, 2.24) is 0 Å². The average Bonchev–Trinajstić information content (AvgIpc) is 2.54. The zero-order chi connectivity index (χ0) is 14.8. The molecule has 0 saturated carbocycles. The molecule has 2 heteroatoms. The van der Waals surface area contributed by atoms with Crippen LogP contribution in [0.3, 0.4) is 0 Å². The molecule has 1 aliphatic rings. The molecule has 0 bridgehead atoms. The fourth-order valence-electron chi connectivity index (χ4n) is 3.38. The van der Waals surface area contributed by atoms with Crippen LogP contribution in [0.25, 0.3) is 11.1 Å². The molecule has 0 radical (unpaired) electrons. The van der Waals surface area contributed by atoms with Crippen molar-refractivity contribution in [3.8, 4) is 22.6 Å². The summed E-state index contributed by atoms with van der Waals surface area (Å²) in [6.45, 7) is 5.01. The molecule has 110 valence electrons. The topological polar surface area (TPSA) is 29.5 Å². The molecule has 21 heavy (non-hydrogen) atoms. The van der Waals surface area contributed by atoms with Gasteiger partial charge in [-0.1, -0.05) is 44.2 Å². The van der Waals surface area contributed by atoms with E-state index in [4.69, 9.17) is 4.74 Å². The van der Waals surface area contributed by atoms with Crippen molar-refractivity contribution in [3.05, 3.63) is 47.0 Å². The lowest BCUT2D eigenvalue weighted by atomic mass is 9.86. The lowest BCUT2D eigenvalue weighted by Gasteiger charge is -2.26. The van der Waals surface area contributed by atoms with Crippen molar-refractivity contribution in [3.63, 3.8) is 0 Å². The number of phenols is 1. The Balaban J connectivity index is 2.33. The fourth-order valence-corrected chi connectivity index (χ4v) is 3.38. The number of ether oxygens (including phenoxy) is 1. The monoisotopic (exact) mass is 282 g/mol. The summed E-state index contributed by atoms with van der Waals surface area (Å²) in [5.74, 6) is 1.47. The Kier molecular flexibility index (Phi) is 3.87. The van der Waals surface area contributed by atoms with Crippen LogP contribution in [0.15, 0.2) is 30.3 Å². The third-order valence-electron chi connectivity index (χ3n) is 4.32. The molecule has 0 saturated heterocycles. The summed E-state index contributed by atoms with van der Waals surface area (Å²) in [5, 5.41) is 10.9. The van der Waals surface area contributed by atoms with Gasteiger partial charge in [0.15, 0.2) is 0 Å². The van der Waals surface area contributed by atoms with E-state index in [1.807, 2.05) is 18.2 Å². The first-order valence-electron chi connectivity index (χ1n) is 7.85. The molecule has 0 unspecified atom stereocenters. The minimum absolute atomic E-state index is 0.449. The van der Waals surface area contributed by atoms with Crippen molar-refractivity contribution in [2.45, 2.75) is 39.5 Å². The van der Waals surface area contributed by atoms with E-state index in [0.29, 0.717) is 5.75 Å². The maximum absolute atomic E-state index is 10.9. The number of phenolic OH excluding ortho intramolecular Hbond substituents is 1. The lowest BCUT2D eigenvalue weighted by molar-refractivity contribution is 0.284. The number of aromatic hydroxyl groups is 1. The van der Waals surface area contributed by atoms with Crippen LogP contribution in [0.1, 0.15) is 37.0 Å².